The Kier molecular flexibility index (Phi) is 68.5. The summed E-state index contributed by atoms with van der Waals surface area (Å²) in [6.07, 6.45) is 8.31. The second-order valence-corrected chi connectivity index (χ2v) is 20.2. The second kappa shape index (κ2) is 71.6. The first kappa shape index (κ1) is 83.2. The van der Waals surface area contributed by atoms with Crippen molar-refractivity contribution in [3.8, 4) is 0 Å². The molecule has 0 saturated heterocycles. The van der Waals surface area contributed by atoms with Crippen molar-refractivity contribution in [1.29, 1.82) is 0 Å². The molecule has 26 nitrogen and oxygen atoms in total. The van der Waals surface area contributed by atoms with Crippen LogP contribution in [0.3, 0.4) is 0 Å². The molecule has 516 valence electrons. The Morgan fingerprint density at radius 2 is 0.437 bits per heavy atom. The maximum atomic E-state index is 12.5. The molecule has 0 aliphatic rings. The summed E-state index contributed by atoms with van der Waals surface area (Å²) in [5, 5.41) is 8.62. The van der Waals surface area contributed by atoms with Gasteiger partial charge in [0.05, 0.1) is 309 Å². The Morgan fingerprint density at radius 1 is 0.253 bits per heavy atom. The van der Waals surface area contributed by atoms with Crippen LogP contribution in [0.2, 0.25) is 0 Å². The van der Waals surface area contributed by atoms with Crippen molar-refractivity contribution < 1.29 is 122 Å². The van der Waals surface area contributed by atoms with Crippen LogP contribution < -0.4 is 0 Å². The van der Waals surface area contributed by atoms with E-state index in [9.17, 15) is 8.42 Å². The van der Waals surface area contributed by atoms with Crippen molar-refractivity contribution in [1.82, 2.24) is 0 Å². The summed E-state index contributed by atoms with van der Waals surface area (Å²) in [6.45, 7) is 22.3. The van der Waals surface area contributed by atoms with Crippen LogP contribution in [0.4, 0.5) is 0 Å². The van der Waals surface area contributed by atoms with Crippen LogP contribution >= 0.6 is 0 Å². The minimum Gasteiger partial charge on any atom is -0.394 e. The molecule has 1 aromatic carbocycles. The van der Waals surface area contributed by atoms with Gasteiger partial charge in [-0.1, -0.05) is 51.2 Å². The monoisotopic (exact) mass is 1280 g/mol. The Balaban J connectivity index is 1.64. The highest BCUT2D eigenvalue weighted by molar-refractivity contribution is 7.86. The Morgan fingerprint density at radius 3 is 0.644 bits per heavy atom. The first-order valence-electron chi connectivity index (χ1n) is 31.4. The average molecular weight is 1280 g/mol. The molecule has 0 unspecified atom stereocenters. The van der Waals surface area contributed by atoms with Gasteiger partial charge in [0, 0.05) is 0 Å². The molecule has 0 atom stereocenters. The number of unbranched alkanes of at least 4 members (excludes halogenated alkanes) is 5. The van der Waals surface area contributed by atoms with E-state index in [4.69, 9.17) is 114 Å². The molecule has 1 N–H and O–H groups in total. The highest BCUT2D eigenvalue weighted by Gasteiger charge is 2.15. The van der Waals surface area contributed by atoms with E-state index in [-0.39, 0.29) is 24.7 Å². The third-order valence-electron chi connectivity index (χ3n) is 11.5. The van der Waals surface area contributed by atoms with Gasteiger partial charge in [0.25, 0.3) is 10.1 Å². The van der Waals surface area contributed by atoms with Gasteiger partial charge in [-0.05, 0) is 30.5 Å². The fourth-order valence-corrected chi connectivity index (χ4v) is 7.88. The maximum Gasteiger partial charge on any atom is 0.297 e. The molecule has 0 spiro atoms. The van der Waals surface area contributed by atoms with Gasteiger partial charge in [-0.15, -0.1) is 0 Å². The van der Waals surface area contributed by atoms with Crippen molar-refractivity contribution in [2.45, 2.75) is 56.8 Å². The van der Waals surface area contributed by atoms with Gasteiger partial charge < -0.3 is 109 Å². The first-order valence-corrected chi connectivity index (χ1v) is 32.8. The normalized spacial score (nSPS) is 11.9. The van der Waals surface area contributed by atoms with Gasteiger partial charge in [-0.2, -0.15) is 8.42 Å². The smallest absolute Gasteiger partial charge is 0.297 e. The van der Waals surface area contributed by atoms with Crippen LogP contribution in [0.15, 0.2) is 29.2 Å². The molecule has 0 aliphatic carbocycles. The molecule has 0 saturated carbocycles. The molecule has 87 heavy (non-hydrogen) atoms. The fourth-order valence-electron chi connectivity index (χ4n) is 6.99. The first-order chi connectivity index (χ1) is 43.1. The quantitative estimate of drug-likeness (QED) is 0.0720. The van der Waals surface area contributed by atoms with Gasteiger partial charge in [0.15, 0.2) is 0 Å². The Labute approximate surface area is 520 Å². The van der Waals surface area contributed by atoms with Gasteiger partial charge >= 0.3 is 0 Å². The van der Waals surface area contributed by atoms with Gasteiger partial charge in [0.2, 0.25) is 0 Å². The topological polar surface area (TPSA) is 267 Å². The summed E-state index contributed by atoms with van der Waals surface area (Å²) < 4.78 is 151. The van der Waals surface area contributed by atoms with E-state index in [1.54, 1.807) is 12.1 Å². The average Bonchev–Trinajstić information content (AvgIpc) is 3.61. The van der Waals surface area contributed by atoms with Crippen molar-refractivity contribution in [2.75, 3.05) is 304 Å². The van der Waals surface area contributed by atoms with Crippen molar-refractivity contribution >= 4 is 10.1 Å². The van der Waals surface area contributed by atoms with Gasteiger partial charge in [-0.25, -0.2) is 0 Å². The van der Waals surface area contributed by atoms with Gasteiger partial charge in [-0.3, -0.25) is 4.18 Å². The summed E-state index contributed by atoms with van der Waals surface area (Å²) in [5.74, 6) is 0. The standard InChI is InChI=1S/C60H114O26S/c1-2-3-4-5-6-7-8-59-9-11-60(12-10-59)87(62,63)86-58-57-85-56-55-84-54-53-83-52-51-82-50-49-81-48-47-80-46-45-79-44-43-78-42-41-77-40-39-76-38-37-75-36-35-74-34-33-73-32-31-72-30-29-71-28-27-70-26-25-69-24-23-68-22-21-67-20-19-66-18-17-65-16-15-64-14-13-61/h9-12,61H,2-8,13-58H2,1H3. The lowest BCUT2D eigenvalue weighted by Gasteiger charge is -2.09. The molecule has 0 fully saturated rings. The van der Waals surface area contributed by atoms with E-state index in [0.717, 1.165) is 18.4 Å². The van der Waals surface area contributed by atoms with Crippen LogP contribution in [0.25, 0.3) is 0 Å². The minimum absolute atomic E-state index is 0.0163. The Bertz CT molecular complexity index is 1560. The highest BCUT2D eigenvalue weighted by Crippen LogP contribution is 2.16. The molecule has 1 rings (SSSR count). The number of hydrogen-bond donors (Lipinski definition) is 1. The number of benzene rings is 1. The maximum absolute atomic E-state index is 12.5. The van der Waals surface area contributed by atoms with Crippen LogP contribution in [-0.4, -0.2) is 317 Å². The molecule has 0 radical (unpaired) electrons. The van der Waals surface area contributed by atoms with Crippen molar-refractivity contribution in [3.05, 3.63) is 29.8 Å². The summed E-state index contributed by atoms with van der Waals surface area (Å²) in [7, 11) is -3.82. The molecular formula is C60H114O26S. The number of hydrogen-bond acceptors (Lipinski definition) is 26. The zero-order valence-corrected chi connectivity index (χ0v) is 53.7. The number of ether oxygens (including phenoxy) is 22. The second-order valence-electron chi connectivity index (χ2n) is 18.6. The number of aliphatic hydroxyl groups is 1. The van der Waals surface area contributed by atoms with Crippen LogP contribution in [0.1, 0.15) is 51.0 Å². The van der Waals surface area contributed by atoms with Crippen molar-refractivity contribution in [3.63, 3.8) is 0 Å². The summed E-state index contributed by atoms with van der Waals surface area (Å²) in [6, 6.07) is 6.95. The third-order valence-corrected chi connectivity index (χ3v) is 12.9. The van der Waals surface area contributed by atoms with E-state index in [1.165, 1.54) is 32.1 Å². The van der Waals surface area contributed by atoms with E-state index in [0.29, 0.717) is 284 Å². The zero-order chi connectivity index (χ0) is 62.2. The largest absolute Gasteiger partial charge is 0.394 e. The lowest BCUT2D eigenvalue weighted by Crippen LogP contribution is -2.16. The molecule has 1 aromatic rings. The third kappa shape index (κ3) is 65.5. The fraction of sp³-hybridized carbons (Fsp3) is 0.900. The number of rotatable bonds is 77. The lowest BCUT2D eigenvalue weighted by atomic mass is 10.1. The summed E-state index contributed by atoms with van der Waals surface area (Å²) in [5.41, 5.74) is 1.14. The van der Waals surface area contributed by atoms with E-state index >= 15 is 0 Å². The van der Waals surface area contributed by atoms with E-state index in [1.807, 2.05) is 12.1 Å². The van der Waals surface area contributed by atoms with Crippen LogP contribution in [0.5, 0.6) is 0 Å². The SMILES string of the molecule is CCCCCCCCc1ccc(S(=O)(=O)OCCOCCOCCOCCOCCOCCOCCOCCOCCOCCOCCOCCOCCOCCOCCOCCOCCOCCOCCOCCOCCOCCOCCO)cc1. The van der Waals surface area contributed by atoms with Crippen LogP contribution in [0, 0.1) is 0 Å². The minimum atomic E-state index is -3.82. The molecular weight excluding hydrogens is 1170 g/mol. The molecule has 0 aliphatic heterocycles. The van der Waals surface area contributed by atoms with E-state index in [2.05, 4.69) is 6.92 Å². The zero-order valence-electron chi connectivity index (χ0n) is 52.8. The predicted octanol–water partition coefficient (Wildman–Crippen LogP) is 3.65. The van der Waals surface area contributed by atoms with Crippen molar-refractivity contribution in [2.24, 2.45) is 0 Å². The highest BCUT2D eigenvalue weighted by atomic mass is 32.2. The molecule has 27 heteroatoms. The molecule has 0 bridgehead atoms. The predicted molar refractivity (Wildman–Crippen MR) is 322 cm³/mol. The summed E-state index contributed by atoms with van der Waals surface area (Å²) >= 11 is 0. The van der Waals surface area contributed by atoms with E-state index < -0.39 is 10.1 Å². The molecule has 0 aromatic heterocycles. The van der Waals surface area contributed by atoms with Crippen LogP contribution in [-0.2, 0) is 125 Å². The lowest BCUT2D eigenvalue weighted by molar-refractivity contribution is -0.0318. The molecule has 0 amide bonds. The van der Waals surface area contributed by atoms with Gasteiger partial charge in [0.1, 0.15) is 0 Å². The number of aliphatic hydroxyl groups excluding tert-OH is 1. The number of aryl methyl sites for hydroxylation is 1. The molecule has 0 heterocycles. The summed E-state index contributed by atoms with van der Waals surface area (Å²) in [4.78, 5) is 0.155. The Hall–Kier alpha value is -1.79.